The van der Waals surface area contributed by atoms with E-state index in [0.717, 1.165) is 32.5 Å². The van der Waals surface area contributed by atoms with E-state index in [1.165, 1.54) is 22.4 Å². The van der Waals surface area contributed by atoms with Crippen molar-refractivity contribution in [2.24, 2.45) is 5.92 Å². The number of nitrogens with zero attached hydrogens (tertiary/aromatic N) is 2. The molecule has 0 spiro atoms. The molecule has 0 radical (unpaired) electrons. The summed E-state index contributed by atoms with van der Waals surface area (Å²) in [5.41, 5.74) is 5.08. The summed E-state index contributed by atoms with van der Waals surface area (Å²) in [4.78, 5) is 4.30. The first-order valence-corrected chi connectivity index (χ1v) is 9.13. The predicted molar refractivity (Wildman–Crippen MR) is 96.1 cm³/mol. The molecule has 1 saturated heterocycles. The van der Waals surface area contributed by atoms with Gasteiger partial charge in [0.2, 0.25) is 0 Å². The molecule has 4 heteroatoms. The number of ether oxygens (including phenoxy) is 1. The van der Waals surface area contributed by atoms with Gasteiger partial charge >= 0.3 is 0 Å². The van der Waals surface area contributed by atoms with Crippen molar-refractivity contribution in [2.45, 2.75) is 52.2 Å². The molecule has 1 fully saturated rings. The standard InChI is InChI=1S/C18H22N2O2.C2H6/c1-12-3-2-4-14-16-10-19-11-20(16)15(18(12)14)9-17(21)13-5-7-22-8-6-13;1-2/h2-4,10-11,13,15,17,21H,5-9H2,1H3;1-2H3. The lowest BCUT2D eigenvalue weighted by atomic mass is 9.87. The van der Waals surface area contributed by atoms with Gasteiger partial charge in [-0.2, -0.15) is 0 Å². The highest BCUT2D eigenvalue weighted by atomic mass is 16.5. The molecule has 4 rings (SSSR count). The minimum Gasteiger partial charge on any atom is -0.393 e. The maximum absolute atomic E-state index is 10.7. The van der Waals surface area contributed by atoms with E-state index in [0.29, 0.717) is 5.92 Å². The molecule has 2 aliphatic rings. The van der Waals surface area contributed by atoms with E-state index in [9.17, 15) is 5.11 Å². The van der Waals surface area contributed by atoms with E-state index in [4.69, 9.17) is 4.74 Å². The lowest BCUT2D eigenvalue weighted by molar-refractivity contribution is 0.00149. The van der Waals surface area contributed by atoms with Crippen molar-refractivity contribution < 1.29 is 9.84 Å². The smallest absolute Gasteiger partial charge is 0.0956 e. The summed E-state index contributed by atoms with van der Waals surface area (Å²) in [6, 6.07) is 6.62. The van der Waals surface area contributed by atoms with Crippen LogP contribution in [0.4, 0.5) is 0 Å². The van der Waals surface area contributed by atoms with Crippen molar-refractivity contribution in [1.82, 2.24) is 9.55 Å². The first kappa shape index (κ1) is 17.2. The highest BCUT2D eigenvalue weighted by Gasteiger charge is 2.33. The largest absolute Gasteiger partial charge is 0.393 e. The molecule has 2 aliphatic heterocycles. The van der Waals surface area contributed by atoms with Gasteiger partial charge < -0.3 is 14.4 Å². The van der Waals surface area contributed by atoms with Crippen LogP contribution in [0.3, 0.4) is 0 Å². The zero-order chi connectivity index (χ0) is 17.1. The first-order chi connectivity index (χ1) is 11.8. The summed E-state index contributed by atoms with van der Waals surface area (Å²) in [6.07, 6.45) is 6.23. The summed E-state index contributed by atoms with van der Waals surface area (Å²) in [5.74, 6) is 0.355. The lowest BCUT2D eigenvalue weighted by Crippen LogP contribution is -2.29. The van der Waals surface area contributed by atoms with Crippen LogP contribution in [0.5, 0.6) is 0 Å². The van der Waals surface area contributed by atoms with Crippen LogP contribution in [0.2, 0.25) is 0 Å². The van der Waals surface area contributed by atoms with Crippen LogP contribution in [-0.2, 0) is 4.74 Å². The average Bonchev–Trinajstić information content (AvgIpc) is 3.21. The molecule has 0 aliphatic carbocycles. The second kappa shape index (κ2) is 7.49. The van der Waals surface area contributed by atoms with Gasteiger partial charge in [-0.25, -0.2) is 4.98 Å². The van der Waals surface area contributed by atoms with Gasteiger partial charge in [0.1, 0.15) is 0 Å². The molecule has 2 aromatic rings. The van der Waals surface area contributed by atoms with Gasteiger partial charge in [0.05, 0.1) is 30.4 Å². The zero-order valence-corrected chi connectivity index (χ0v) is 14.9. The van der Waals surface area contributed by atoms with Crippen molar-refractivity contribution in [1.29, 1.82) is 0 Å². The number of aryl methyl sites for hydroxylation is 1. The summed E-state index contributed by atoms with van der Waals surface area (Å²) in [6.45, 7) is 7.71. The fourth-order valence-corrected chi connectivity index (χ4v) is 4.00. The summed E-state index contributed by atoms with van der Waals surface area (Å²) >= 11 is 0. The zero-order valence-electron chi connectivity index (χ0n) is 14.9. The van der Waals surface area contributed by atoms with Crippen molar-refractivity contribution in [3.8, 4) is 11.3 Å². The number of aliphatic hydroxyl groups is 1. The van der Waals surface area contributed by atoms with Crippen molar-refractivity contribution in [3.63, 3.8) is 0 Å². The fraction of sp³-hybridized carbons (Fsp3) is 0.550. The van der Waals surface area contributed by atoms with Crippen molar-refractivity contribution in [2.75, 3.05) is 13.2 Å². The molecule has 2 unspecified atom stereocenters. The van der Waals surface area contributed by atoms with Crippen LogP contribution >= 0.6 is 0 Å². The highest BCUT2D eigenvalue weighted by Crippen LogP contribution is 2.43. The van der Waals surface area contributed by atoms with Gasteiger partial charge in [-0.1, -0.05) is 32.0 Å². The Hall–Kier alpha value is -1.65. The number of rotatable bonds is 3. The minimum atomic E-state index is -0.283. The Labute approximate surface area is 144 Å². The fourth-order valence-electron chi connectivity index (χ4n) is 4.00. The number of hydrogen-bond donors (Lipinski definition) is 1. The van der Waals surface area contributed by atoms with Crippen LogP contribution in [0.1, 0.15) is 50.3 Å². The van der Waals surface area contributed by atoms with E-state index < -0.39 is 0 Å². The van der Waals surface area contributed by atoms with Gasteiger partial charge in [-0.05, 0) is 43.2 Å². The average molecular weight is 328 g/mol. The van der Waals surface area contributed by atoms with Gasteiger partial charge in [-0.3, -0.25) is 0 Å². The van der Waals surface area contributed by atoms with Gasteiger partial charge in [0.25, 0.3) is 0 Å². The summed E-state index contributed by atoms with van der Waals surface area (Å²) in [5, 5.41) is 10.7. The molecule has 0 saturated carbocycles. The molecule has 1 N–H and O–H groups in total. The van der Waals surface area contributed by atoms with Crippen LogP contribution < -0.4 is 0 Å². The van der Waals surface area contributed by atoms with Crippen molar-refractivity contribution in [3.05, 3.63) is 41.9 Å². The highest BCUT2D eigenvalue weighted by molar-refractivity contribution is 5.70. The third-order valence-corrected chi connectivity index (χ3v) is 5.21. The summed E-state index contributed by atoms with van der Waals surface area (Å²) < 4.78 is 7.64. The number of fused-ring (bicyclic) bond motifs is 3. The Balaban J connectivity index is 0.000000815. The molecular formula is C20H28N2O2. The van der Waals surface area contributed by atoms with Gasteiger partial charge in [0.15, 0.2) is 0 Å². The van der Waals surface area contributed by atoms with Gasteiger partial charge in [0, 0.05) is 18.8 Å². The number of imidazole rings is 1. The normalized spacial score (nSPS) is 20.8. The van der Waals surface area contributed by atoms with Crippen LogP contribution in [0, 0.1) is 12.8 Å². The molecule has 130 valence electrons. The second-order valence-corrected chi connectivity index (χ2v) is 6.49. The van der Waals surface area contributed by atoms with Crippen LogP contribution in [0.25, 0.3) is 11.3 Å². The predicted octanol–water partition coefficient (Wildman–Crippen LogP) is 3.97. The van der Waals surface area contributed by atoms with Gasteiger partial charge in [-0.15, -0.1) is 0 Å². The maximum atomic E-state index is 10.7. The number of benzene rings is 1. The molecular weight excluding hydrogens is 300 g/mol. The number of hydrogen-bond acceptors (Lipinski definition) is 3. The Morgan fingerprint density at radius 3 is 2.79 bits per heavy atom. The van der Waals surface area contributed by atoms with Crippen LogP contribution in [0.15, 0.2) is 30.7 Å². The van der Waals surface area contributed by atoms with E-state index in [1.807, 2.05) is 26.4 Å². The second-order valence-electron chi connectivity index (χ2n) is 6.49. The minimum absolute atomic E-state index is 0.201. The Bertz CT molecular complexity index is 674. The van der Waals surface area contributed by atoms with Crippen molar-refractivity contribution >= 4 is 0 Å². The molecule has 24 heavy (non-hydrogen) atoms. The number of aliphatic hydroxyl groups excluding tert-OH is 1. The van der Waals surface area contributed by atoms with E-state index in [1.54, 1.807) is 0 Å². The molecule has 2 atom stereocenters. The molecule has 4 nitrogen and oxygen atoms in total. The SMILES string of the molecule is CC.Cc1cccc2c1C(CC(O)C1CCOCC1)n1cncc1-2. The molecule has 0 amide bonds. The third-order valence-electron chi connectivity index (χ3n) is 5.21. The monoisotopic (exact) mass is 328 g/mol. The maximum Gasteiger partial charge on any atom is 0.0956 e. The summed E-state index contributed by atoms with van der Waals surface area (Å²) in [7, 11) is 0. The quantitative estimate of drug-likeness (QED) is 0.927. The first-order valence-electron chi connectivity index (χ1n) is 9.13. The third kappa shape index (κ3) is 3.01. The Kier molecular flexibility index (Phi) is 5.36. The number of aromatic nitrogens is 2. The molecule has 1 aromatic carbocycles. The van der Waals surface area contributed by atoms with E-state index in [-0.39, 0.29) is 12.1 Å². The Morgan fingerprint density at radius 1 is 1.29 bits per heavy atom. The Morgan fingerprint density at radius 2 is 2.04 bits per heavy atom. The molecule has 1 aromatic heterocycles. The van der Waals surface area contributed by atoms with E-state index in [2.05, 4.69) is 34.7 Å². The molecule has 0 bridgehead atoms. The lowest BCUT2D eigenvalue weighted by Gasteiger charge is -2.29. The van der Waals surface area contributed by atoms with E-state index >= 15 is 0 Å². The topological polar surface area (TPSA) is 47.3 Å². The molecule has 3 heterocycles. The van der Waals surface area contributed by atoms with Crippen LogP contribution in [-0.4, -0.2) is 34.0 Å².